The van der Waals surface area contributed by atoms with E-state index in [-0.39, 0.29) is 10.6 Å². The highest BCUT2D eigenvalue weighted by Gasteiger charge is 2.16. The lowest BCUT2D eigenvalue weighted by Crippen LogP contribution is -1.97. The lowest BCUT2D eigenvalue weighted by Gasteiger charge is -2.18. The standard InChI is InChI=1S/C33H26.C7H6BrNO2/c1-25-17-19-26(20-18-25)27-21-23-31(24-22-27)33(30-15-9-4-10-16-30)32(28-11-5-2-6-12-28)29-13-7-3-8-14-29;8-5-6-3-1-2-4-7(6)9(10)11/h2-24H,1H3;1-4H,5H2. The molecule has 0 aliphatic rings. The third-order valence-electron chi connectivity index (χ3n) is 7.33. The molecule has 0 saturated carbocycles. The molecule has 6 rings (SSSR count). The van der Waals surface area contributed by atoms with Crippen LogP contribution in [-0.4, -0.2) is 4.92 Å². The molecule has 0 unspecified atom stereocenters. The lowest BCUT2D eigenvalue weighted by molar-refractivity contribution is -0.385. The molecule has 0 N–H and O–H groups in total. The molecule has 0 saturated heterocycles. The van der Waals surface area contributed by atoms with E-state index in [4.69, 9.17) is 0 Å². The summed E-state index contributed by atoms with van der Waals surface area (Å²) in [5.41, 5.74) is 11.9. The van der Waals surface area contributed by atoms with Crippen molar-refractivity contribution >= 4 is 32.8 Å². The Morgan fingerprint density at radius 2 is 0.886 bits per heavy atom. The molecule has 4 heteroatoms. The van der Waals surface area contributed by atoms with Crippen molar-refractivity contribution in [1.82, 2.24) is 0 Å². The van der Waals surface area contributed by atoms with Crippen molar-refractivity contribution in [2.75, 3.05) is 0 Å². The fraction of sp³-hybridized carbons (Fsp3) is 0.0500. The monoisotopic (exact) mass is 637 g/mol. The first-order valence-electron chi connectivity index (χ1n) is 14.4. The van der Waals surface area contributed by atoms with Crippen LogP contribution in [-0.2, 0) is 5.33 Å². The molecule has 0 atom stereocenters. The molecule has 0 amide bonds. The van der Waals surface area contributed by atoms with E-state index in [1.165, 1.54) is 56.2 Å². The molecule has 0 bridgehead atoms. The SMILES string of the molecule is Cc1ccc(-c2ccc(C(=C(c3ccccc3)c3ccccc3)c3ccccc3)cc2)cc1.O=[N+]([O-])c1ccccc1CBr. The molecule has 0 heterocycles. The Kier molecular flexibility index (Phi) is 10.3. The van der Waals surface area contributed by atoms with Crippen LogP contribution in [0.2, 0.25) is 0 Å². The van der Waals surface area contributed by atoms with E-state index in [0.29, 0.717) is 10.9 Å². The van der Waals surface area contributed by atoms with Gasteiger partial charge in [-0.05, 0) is 51.5 Å². The topological polar surface area (TPSA) is 43.1 Å². The number of nitro groups is 1. The van der Waals surface area contributed by atoms with Crippen molar-refractivity contribution in [2.24, 2.45) is 0 Å². The average molecular weight is 639 g/mol. The quantitative estimate of drug-likeness (QED) is 0.0756. The molecular weight excluding hydrogens is 606 g/mol. The number of alkyl halides is 1. The molecule has 6 aromatic rings. The summed E-state index contributed by atoms with van der Waals surface area (Å²) in [7, 11) is 0. The molecule has 3 nitrogen and oxygen atoms in total. The minimum atomic E-state index is -0.378. The van der Waals surface area contributed by atoms with Crippen molar-refractivity contribution in [3.05, 3.63) is 207 Å². The largest absolute Gasteiger partial charge is 0.273 e. The Balaban J connectivity index is 0.000000296. The minimum absolute atomic E-state index is 0.171. The van der Waals surface area contributed by atoms with Gasteiger partial charge in [0.25, 0.3) is 5.69 Å². The number of hydrogen-bond acceptors (Lipinski definition) is 2. The molecule has 0 aliphatic carbocycles. The molecule has 44 heavy (non-hydrogen) atoms. The zero-order chi connectivity index (χ0) is 30.7. The van der Waals surface area contributed by atoms with Gasteiger partial charge in [-0.25, -0.2) is 0 Å². The zero-order valence-corrected chi connectivity index (χ0v) is 26.0. The Labute approximate surface area is 267 Å². The number of nitro benzene ring substituents is 1. The summed E-state index contributed by atoms with van der Waals surface area (Å²) in [6.07, 6.45) is 0. The van der Waals surface area contributed by atoms with Crippen LogP contribution in [0.25, 0.3) is 22.3 Å². The van der Waals surface area contributed by atoms with Gasteiger partial charge in [0.2, 0.25) is 0 Å². The van der Waals surface area contributed by atoms with Crippen LogP contribution in [0.15, 0.2) is 164 Å². The minimum Gasteiger partial charge on any atom is -0.258 e. The summed E-state index contributed by atoms with van der Waals surface area (Å²) in [5, 5.41) is 10.9. The Morgan fingerprint density at radius 3 is 1.27 bits per heavy atom. The van der Waals surface area contributed by atoms with E-state index >= 15 is 0 Å². The third-order valence-corrected chi connectivity index (χ3v) is 7.93. The lowest BCUT2D eigenvalue weighted by atomic mass is 9.85. The highest BCUT2D eigenvalue weighted by molar-refractivity contribution is 9.08. The predicted octanol–water partition coefficient (Wildman–Crippen LogP) is 11.2. The maximum Gasteiger partial charge on any atom is 0.273 e. The zero-order valence-electron chi connectivity index (χ0n) is 24.4. The van der Waals surface area contributed by atoms with Gasteiger partial charge in [0.1, 0.15) is 0 Å². The average Bonchev–Trinajstić information content (AvgIpc) is 3.09. The number of nitrogens with zero attached hydrogens (tertiary/aromatic N) is 1. The van der Waals surface area contributed by atoms with Gasteiger partial charge >= 0.3 is 0 Å². The van der Waals surface area contributed by atoms with Crippen LogP contribution in [0.1, 0.15) is 33.4 Å². The number of halogens is 1. The van der Waals surface area contributed by atoms with Crippen LogP contribution in [0, 0.1) is 17.0 Å². The Bertz CT molecular complexity index is 1790. The van der Waals surface area contributed by atoms with Crippen LogP contribution in [0.5, 0.6) is 0 Å². The number of benzene rings is 6. The third kappa shape index (κ3) is 7.47. The van der Waals surface area contributed by atoms with Crippen molar-refractivity contribution in [3.63, 3.8) is 0 Å². The highest BCUT2D eigenvalue weighted by Crippen LogP contribution is 2.37. The summed E-state index contributed by atoms with van der Waals surface area (Å²) >= 11 is 3.17. The van der Waals surface area contributed by atoms with Gasteiger partial charge in [-0.15, -0.1) is 0 Å². The van der Waals surface area contributed by atoms with Crippen LogP contribution in [0.3, 0.4) is 0 Å². The Hall–Kier alpha value is -5.06. The molecule has 216 valence electrons. The molecule has 0 radical (unpaired) electrons. The molecule has 0 aliphatic heterocycles. The molecule has 0 aromatic heterocycles. The Morgan fingerprint density at radius 1 is 0.523 bits per heavy atom. The van der Waals surface area contributed by atoms with E-state index in [0.717, 1.165) is 0 Å². The summed E-state index contributed by atoms with van der Waals surface area (Å²) in [5.74, 6) is 0. The number of rotatable bonds is 7. The summed E-state index contributed by atoms with van der Waals surface area (Å²) in [4.78, 5) is 9.99. The second-order valence-corrected chi connectivity index (χ2v) is 10.9. The van der Waals surface area contributed by atoms with Crippen molar-refractivity contribution in [2.45, 2.75) is 12.3 Å². The van der Waals surface area contributed by atoms with Crippen LogP contribution >= 0.6 is 15.9 Å². The summed E-state index contributed by atoms with van der Waals surface area (Å²) < 4.78 is 0. The maximum atomic E-state index is 10.4. The van der Waals surface area contributed by atoms with E-state index in [1.807, 2.05) is 0 Å². The van der Waals surface area contributed by atoms with Gasteiger partial charge in [-0.2, -0.15) is 0 Å². The second kappa shape index (κ2) is 14.9. The smallest absolute Gasteiger partial charge is 0.258 e. The molecule has 0 fully saturated rings. The van der Waals surface area contributed by atoms with Crippen LogP contribution < -0.4 is 0 Å². The van der Waals surface area contributed by atoms with Gasteiger partial charge in [-0.1, -0.05) is 179 Å². The van der Waals surface area contributed by atoms with E-state index in [1.54, 1.807) is 18.2 Å². The number of aryl methyl sites for hydroxylation is 1. The first kappa shape index (κ1) is 30.4. The fourth-order valence-electron chi connectivity index (χ4n) is 5.10. The van der Waals surface area contributed by atoms with Gasteiger partial charge in [0.15, 0.2) is 0 Å². The number of para-hydroxylation sites is 1. The summed E-state index contributed by atoms with van der Waals surface area (Å²) in [6.45, 7) is 2.12. The van der Waals surface area contributed by atoms with Crippen molar-refractivity contribution in [3.8, 4) is 11.1 Å². The highest BCUT2D eigenvalue weighted by atomic mass is 79.9. The predicted molar refractivity (Wildman–Crippen MR) is 187 cm³/mol. The van der Waals surface area contributed by atoms with E-state index in [9.17, 15) is 10.1 Å². The normalized spacial score (nSPS) is 10.3. The van der Waals surface area contributed by atoms with Gasteiger partial charge in [0.05, 0.1) is 4.92 Å². The van der Waals surface area contributed by atoms with Gasteiger partial charge in [0, 0.05) is 17.0 Å². The van der Waals surface area contributed by atoms with E-state index < -0.39 is 0 Å². The van der Waals surface area contributed by atoms with Crippen molar-refractivity contribution < 1.29 is 4.92 Å². The molecule has 0 spiro atoms. The number of hydrogen-bond donors (Lipinski definition) is 0. The molecular formula is C40H32BrNO2. The van der Waals surface area contributed by atoms with Crippen molar-refractivity contribution in [1.29, 1.82) is 0 Å². The first-order valence-corrected chi connectivity index (χ1v) is 15.5. The second-order valence-electron chi connectivity index (χ2n) is 10.3. The van der Waals surface area contributed by atoms with Gasteiger partial charge < -0.3 is 0 Å². The molecule has 6 aromatic carbocycles. The maximum absolute atomic E-state index is 10.4. The van der Waals surface area contributed by atoms with Gasteiger partial charge in [-0.3, -0.25) is 10.1 Å². The summed E-state index contributed by atoms with van der Waals surface area (Å²) in [6, 6.07) is 56.5. The van der Waals surface area contributed by atoms with Crippen LogP contribution in [0.4, 0.5) is 5.69 Å². The fourth-order valence-corrected chi connectivity index (χ4v) is 5.58. The van der Waals surface area contributed by atoms with E-state index in [2.05, 4.69) is 162 Å². The first-order chi connectivity index (χ1) is 21.5.